The molecule has 1 heterocycles. The van der Waals surface area contributed by atoms with Crippen LogP contribution in [-0.4, -0.2) is 43.6 Å². The zero-order valence-corrected chi connectivity index (χ0v) is 13.3. The van der Waals surface area contributed by atoms with Crippen LogP contribution < -0.4 is 20.1 Å². The Balaban J connectivity index is 1.79. The Kier molecular flexibility index (Phi) is 6.18. The quantitative estimate of drug-likeness (QED) is 0.802. The number of carbonyl (C=O) groups excluding carboxylic acids is 2. The molecule has 0 saturated heterocycles. The van der Waals surface area contributed by atoms with E-state index in [0.717, 1.165) is 18.2 Å². The fourth-order valence-electron chi connectivity index (χ4n) is 1.77. The number of alkyl halides is 3. The molecule has 2 N–H and O–H groups in total. The molecule has 0 spiro atoms. The van der Waals surface area contributed by atoms with E-state index in [1.165, 1.54) is 0 Å². The van der Waals surface area contributed by atoms with Crippen molar-refractivity contribution in [2.45, 2.75) is 17.5 Å². The molecule has 10 heteroatoms. The molecule has 0 aromatic heterocycles. The molecule has 1 aliphatic heterocycles. The summed E-state index contributed by atoms with van der Waals surface area (Å²) in [6, 6.07) is 3.98. The maximum Gasteiger partial charge on any atom is 0.405 e. The van der Waals surface area contributed by atoms with Crippen molar-refractivity contribution in [1.82, 2.24) is 10.6 Å². The van der Waals surface area contributed by atoms with Gasteiger partial charge in [-0.25, -0.2) is 4.79 Å². The van der Waals surface area contributed by atoms with Gasteiger partial charge in [-0.15, -0.1) is 11.8 Å². The first-order valence-corrected chi connectivity index (χ1v) is 7.99. The monoisotopic (exact) mass is 364 g/mol. The third kappa shape index (κ3) is 6.19. The summed E-state index contributed by atoms with van der Waals surface area (Å²) >= 11 is 1.12. The van der Waals surface area contributed by atoms with Crippen LogP contribution >= 0.6 is 11.8 Å². The van der Waals surface area contributed by atoms with Gasteiger partial charge in [-0.1, -0.05) is 0 Å². The van der Waals surface area contributed by atoms with Crippen molar-refractivity contribution in [2.75, 3.05) is 25.5 Å². The number of rotatable bonds is 4. The van der Waals surface area contributed by atoms with Crippen LogP contribution in [0.3, 0.4) is 0 Å². The largest absolute Gasteiger partial charge is 0.490 e. The molecule has 0 saturated carbocycles. The third-order valence-electron chi connectivity index (χ3n) is 2.79. The number of hydrogen-bond donors (Lipinski definition) is 2. The van der Waals surface area contributed by atoms with Gasteiger partial charge in [-0.2, -0.15) is 13.2 Å². The summed E-state index contributed by atoms with van der Waals surface area (Å²) in [7, 11) is 0. The number of urea groups is 1. The SMILES string of the molecule is O=C(CSc1ccc2c(c1)OCCCO2)NC(=O)NCC(F)(F)F. The molecule has 0 fully saturated rings. The summed E-state index contributed by atoms with van der Waals surface area (Å²) in [5.41, 5.74) is 0. The molecule has 24 heavy (non-hydrogen) atoms. The predicted molar refractivity (Wildman–Crippen MR) is 80.4 cm³/mol. The van der Waals surface area contributed by atoms with E-state index < -0.39 is 24.7 Å². The number of amides is 3. The average Bonchev–Trinajstić information content (AvgIpc) is 2.75. The van der Waals surface area contributed by atoms with Gasteiger partial charge in [0.2, 0.25) is 5.91 Å². The summed E-state index contributed by atoms with van der Waals surface area (Å²) in [6.45, 7) is -0.405. The highest BCUT2D eigenvalue weighted by Crippen LogP contribution is 2.33. The molecule has 0 radical (unpaired) electrons. The van der Waals surface area contributed by atoms with Crippen LogP contribution in [0.1, 0.15) is 6.42 Å². The molecule has 0 atom stereocenters. The lowest BCUT2D eigenvalue weighted by molar-refractivity contribution is -0.124. The van der Waals surface area contributed by atoms with Crippen LogP contribution in [0.2, 0.25) is 0 Å². The van der Waals surface area contributed by atoms with E-state index in [1.807, 2.05) is 5.32 Å². The molecule has 6 nitrogen and oxygen atoms in total. The van der Waals surface area contributed by atoms with E-state index in [0.29, 0.717) is 29.6 Å². The number of nitrogens with one attached hydrogen (secondary N) is 2. The summed E-state index contributed by atoms with van der Waals surface area (Å²) in [5.74, 6) is 0.361. The molecule has 0 unspecified atom stereocenters. The van der Waals surface area contributed by atoms with Crippen LogP contribution in [0, 0.1) is 0 Å². The smallest absolute Gasteiger partial charge is 0.405 e. The van der Waals surface area contributed by atoms with Gasteiger partial charge >= 0.3 is 12.2 Å². The van der Waals surface area contributed by atoms with Gasteiger partial charge in [0.1, 0.15) is 6.54 Å². The second kappa shape index (κ2) is 8.13. The summed E-state index contributed by atoms with van der Waals surface area (Å²) in [4.78, 5) is 23.4. The minimum absolute atomic E-state index is 0.126. The number of imide groups is 1. The first-order valence-electron chi connectivity index (χ1n) is 7.00. The molecule has 1 aromatic carbocycles. The molecule has 0 bridgehead atoms. The number of halogens is 3. The fraction of sp³-hybridized carbons (Fsp3) is 0.429. The maximum absolute atomic E-state index is 11.9. The van der Waals surface area contributed by atoms with Gasteiger partial charge in [0, 0.05) is 11.3 Å². The summed E-state index contributed by atoms with van der Waals surface area (Å²) in [5, 5.41) is 3.39. The fourth-order valence-corrected chi connectivity index (χ4v) is 2.49. The Bertz CT molecular complexity index is 610. The number of ether oxygens (including phenoxy) is 2. The van der Waals surface area contributed by atoms with Crippen molar-refractivity contribution in [2.24, 2.45) is 0 Å². The van der Waals surface area contributed by atoms with Gasteiger partial charge in [0.25, 0.3) is 0 Å². The van der Waals surface area contributed by atoms with E-state index in [4.69, 9.17) is 9.47 Å². The highest BCUT2D eigenvalue weighted by Gasteiger charge is 2.27. The van der Waals surface area contributed by atoms with E-state index >= 15 is 0 Å². The number of hydrogen-bond acceptors (Lipinski definition) is 5. The van der Waals surface area contributed by atoms with Crippen LogP contribution in [0.5, 0.6) is 11.5 Å². The van der Waals surface area contributed by atoms with Crippen LogP contribution in [-0.2, 0) is 4.79 Å². The first-order chi connectivity index (χ1) is 11.3. The molecule has 1 aliphatic rings. The Morgan fingerprint density at radius 1 is 1.17 bits per heavy atom. The first kappa shape index (κ1) is 18.2. The van der Waals surface area contributed by atoms with Gasteiger partial charge in [-0.3, -0.25) is 10.1 Å². The third-order valence-corrected chi connectivity index (χ3v) is 3.79. The molecule has 132 valence electrons. The normalized spacial score (nSPS) is 13.8. The number of benzene rings is 1. The minimum Gasteiger partial charge on any atom is -0.490 e. The van der Waals surface area contributed by atoms with Gasteiger partial charge in [-0.05, 0) is 18.2 Å². The lowest BCUT2D eigenvalue weighted by atomic mass is 10.3. The summed E-state index contributed by atoms with van der Waals surface area (Å²) in [6.07, 6.45) is -3.76. The second-order valence-electron chi connectivity index (χ2n) is 4.79. The molecular weight excluding hydrogens is 349 g/mol. The number of carbonyl (C=O) groups is 2. The zero-order valence-electron chi connectivity index (χ0n) is 12.4. The lowest BCUT2D eigenvalue weighted by Crippen LogP contribution is -2.43. The van der Waals surface area contributed by atoms with Crippen molar-refractivity contribution in [3.63, 3.8) is 0 Å². The van der Waals surface area contributed by atoms with Crippen LogP contribution in [0.25, 0.3) is 0 Å². The highest BCUT2D eigenvalue weighted by molar-refractivity contribution is 8.00. The van der Waals surface area contributed by atoms with E-state index in [1.54, 1.807) is 23.5 Å². The van der Waals surface area contributed by atoms with Crippen molar-refractivity contribution < 1.29 is 32.2 Å². The van der Waals surface area contributed by atoms with E-state index in [-0.39, 0.29) is 5.75 Å². The van der Waals surface area contributed by atoms with Crippen molar-refractivity contribution >= 4 is 23.7 Å². The van der Waals surface area contributed by atoms with Gasteiger partial charge < -0.3 is 14.8 Å². The van der Waals surface area contributed by atoms with E-state index in [9.17, 15) is 22.8 Å². The molecule has 2 rings (SSSR count). The molecular formula is C14H15F3N2O4S. The van der Waals surface area contributed by atoms with Crippen molar-refractivity contribution in [3.05, 3.63) is 18.2 Å². The Morgan fingerprint density at radius 3 is 2.58 bits per heavy atom. The van der Waals surface area contributed by atoms with Crippen LogP contribution in [0.4, 0.5) is 18.0 Å². The second-order valence-corrected chi connectivity index (χ2v) is 5.84. The Hall–Kier alpha value is -2.10. The molecule has 3 amide bonds. The van der Waals surface area contributed by atoms with Gasteiger partial charge in [0.05, 0.1) is 19.0 Å². The van der Waals surface area contributed by atoms with Gasteiger partial charge in [0.15, 0.2) is 11.5 Å². The summed E-state index contributed by atoms with van der Waals surface area (Å²) < 4.78 is 46.8. The molecule has 0 aliphatic carbocycles. The molecule has 1 aromatic rings. The highest BCUT2D eigenvalue weighted by atomic mass is 32.2. The zero-order chi connectivity index (χ0) is 17.6. The number of thioether (sulfide) groups is 1. The number of fused-ring (bicyclic) bond motifs is 1. The van der Waals surface area contributed by atoms with Crippen LogP contribution in [0.15, 0.2) is 23.1 Å². The van der Waals surface area contributed by atoms with E-state index in [2.05, 4.69) is 0 Å². The predicted octanol–water partition coefficient (Wildman–Crippen LogP) is 2.33. The van der Waals surface area contributed by atoms with Crippen molar-refractivity contribution in [1.29, 1.82) is 0 Å². The lowest BCUT2D eigenvalue weighted by Gasteiger charge is -2.10. The van der Waals surface area contributed by atoms with Crippen molar-refractivity contribution in [3.8, 4) is 11.5 Å². The maximum atomic E-state index is 11.9. The standard InChI is InChI=1S/C14H15F3N2O4S/c15-14(16,17)8-18-13(21)19-12(20)7-24-9-2-3-10-11(6-9)23-5-1-4-22-10/h2-3,6H,1,4-5,7-8H2,(H2,18,19,20,21). The topological polar surface area (TPSA) is 76.7 Å². The minimum atomic E-state index is -4.53. The Labute approximate surface area is 140 Å². The average molecular weight is 364 g/mol. The Morgan fingerprint density at radius 2 is 1.88 bits per heavy atom.